The summed E-state index contributed by atoms with van der Waals surface area (Å²) in [7, 11) is 3.17. The number of benzene rings is 2. The lowest BCUT2D eigenvalue weighted by Crippen LogP contribution is -2.27. The summed E-state index contributed by atoms with van der Waals surface area (Å²) in [4.78, 5) is 12.1. The molecule has 0 aliphatic heterocycles. The monoisotopic (exact) mass is 329 g/mol. The van der Waals surface area contributed by atoms with Crippen LogP contribution in [-0.4, -0.2) is 31.8 Å². The minimum atomic E-state index is -0.0379. The van der Waals surface area contributed by atoms with Gasteiger partial charge in [0, 0.05) is 6.54 Å². The van der Waals surface area contributed by atoms with E-state index in [0.29, 0.717) is 24.5 Å². The molecule has 0 aliphatic carbocycles. The highest BCUT2D eigenvalue weighted by molar-refractivity contribution is 5.79. The van der Waals surface area contributed by atoms with Crippen LogP contribution in [0.15, 0.2) is 36.4 Å². The second-order valence-electron chi connectivity index (χ2n) is 5.58. The highest BCUT2D eigenvalue weighted by atomic mass is 16.5. The molecule has 0 spiro atoms. The SMILES string of the molecule is COc1cc(C)c(CC(=O)NCCc2ccc(O)cc2)cc1OC. The molecule has 0 aliphatic rings. The lowest BCUT2D eigenvalue weighted by molar-refractivity contribution is -0.120. The summed E-state index contributed by atoms with van der Waals surface area (Å²) in [6, 6.07) is 10.7. The van der Waals surface area contributed by atoms with Crippen LogP contribution in [0.2, 0.25) is 0 Å². The van der Waals surface area contributed by atoms with Gasteiger partial charge >= 0.3 is 0 Å². The highest BCUT2D eigenvalue weighted by Gasteiger charge is 2.11. The topological polar surface area (TPSA) is 67.8 Å². The first-order chi connectivity index (χ1) is 11.5. The fourth-order valence-electron chi connectivity index (χ4n) is 2.46. The molecule has 2 N–H and O–H groups in total. The summed E-state index contributed by atoms with van der Waals surface area (Å²) < 4.78 is 10.5. The molecule has 2 aromatic carbocycles. The first-order valence-electron chi connectivity index (χ1n) is 7.79. The van der Waals surface area contributed by atoms with Gasteiger partial charge in [-0.1, -0.05) is 12.1 Å². The largest absolute Gasteiger partial charge is 0.508 e. The molecule has 2 rings (SSSR count). The summed E-state index contributed by atoms with van der Waals surface area (Å²) in [5.74, 6) is 1.48. The first kappa shape index (κ1) is 17.7. The van der Waals surface area contributed by atoms with Crippen molar-refractivity contribution in [1.29, 1.82) is 0 Å². The van der Waals surface area contributed by atoms with Gasteiger partial charge in [-0.25, -0.2) is 0 Å². The minimum Gasteiger partial charge on any atom is -0.508 e. The Labute approximate surface area is 142 Å². The smallest absolute Gasteiger partial charge is 0.224 e. The Morgan fingerprint density at radius 1 is 1.08 bits per heavy atom. The van der Waals surface area contributed by atoms with Crippen LogP contribution in [0.1, 0.15) is 16.7 Å². The number of aryl methyl sites for hydroxylation is 1. The third kappa shape index (κ3) is 4.65. The third-order valence-corrected chi connectivity index (χ3v) is 3.87. The van der Waals surface area contributed by atoms with Crippen LogP contribution in [0.25, 0.3) is 0 Å². The summed E-state index contributed by atoms with van der Waals surface area (Å²) in [6.07, 6.45) is 1.01. The summed E-state index contributed by atoms with van der Waals surface area (Å²) in [5.41, 5.74) is 2.96. The maximum Gasteiger partial charge on any atom is 0.224 e. The maximum absolute atomic E-state index is 12.1. The Morgan fingerprint density at radius 3 is 2.33 bits per heavy atom. The van der Waals surface area contributed by atoms with Crippen molar-refractivity contribution < 1.29 is 19.4 Å². The van der Waals surface area contributed by atoms with Crippen molar-refractivity contribution in [2.45, 2.75) is 19.8 Å². The van der Waals surface area contributed by atoms with Crippen LogP contribution in [0, 0.1) is 6.92 Å². The van der Waals surface area contributed by atoms with E-state index in [-0.39, 0.29) is 11.7 Å². The van der Waals surface area contributed by atoms with E-state index in [2.05, 4.69) is 5.32 Å². The van der Waals surface area contributed by atoms with Crippen LogP contribution in [-0.2, 0) is 17.6 Å². The molecule has 0 saturated heterocycles. The third-order valence-electron chi connectivity index (χ3n) is 3.87. The number of ether oxygens (including phenoxy) is 2. The molecule has 0 heterocycles. The van der Waals surface area contributed by atoms with Gasteiger partial charge in [-0.15, -0.1) is 0 Å². The molecule has 128 valence electrons. The van der Waals surface area contributed by atoms with Crippen molar-refractivity contribution in [1.82, 2.24) is 5.32 Å². The molecule has 0 atom stereocenters. The maximum atomic E-state index is 12.1. The van der Waals surface area contributed by atoms with Gasteiger partial charge in [-0.05, 0) is 54.3 Å². The normalized spacial score (nSPS) is 10.3. The van der Waals surface area contributed by atoms with Crippen LogP contribution >= 0.6 is 0 Å². The van der Waals surface area contributed by atoms with E-state index < -0.39 is 0 Å². The van der Waals surface area contributed by atoms with Crippen molar-refractivity contribution in [2.75, 3.05) is 20.8 Å². The first-order valence-corrected chi connectivity index (χ1v) is 7.79. The lowest BCUT2D eigenvalue weighted by atomic mass is 10.0. The van der Waals surface area contributed by atoms with E-state index in [1.807, 2.05) is 31.2 Å². The Morgan fingerprint density at radius 2 is 1.71 bits per heavy atom. The number of phenolic OH excluding ortho intramolecular Hbond substituents is 1. The average Bonchev–Trinajstić information content (AvgIpc) is 2.58. The molecular formula is C19H23NO4. The number of methoxy groups -OCH3 is 2. The van der Waals surface area contributed by atoms with E-state index in [1.54, 1.807) is 26.4 Å². The molecule has 0 radical (unpaired) electrons. The van der Waals surface area contributed by atoms with Gasteiger partial charge in [-0.3, -0.25) is 4.79 Å². The van der Waals surface area contributed by atoms with Gasteiger partial charge < -0.3 is 19.9 Å². The minimum absolute atomic E-state index is 0.0379. The number of amides is 1. The number of rotatable bonds is 7. The van der Waals surface area contributed by atoms with E-state index in [4.69, 9.17) is 9.47 Å². The van der Waals surface area contributed by atoms with E-state index in [9.17, 15) is 9.90 Å². The quantitative estimate of drug-likeness (QED) is 0.819. The van der Waals surface area contributed by atoms with Gasteiger partial charge in [0.1, 0.15) is 5.75 Å². The molecule has 0 unspecified atom stereocenters. The number of carbonyl (C=O) groups is 1. The molecule has 2 aromatic rings. The standard InChI is InChI=1S/C19H23NO4/c1-13-10-17(23-2)18(24-3)11-15(13)12-19(22)20-9-8-14-4-6-16(21)7-5-14/h4-7,10-11,21H,8-9,12H2,1-3H3,(H,20,22). The zero-order valence-corrected chi connectivity index (χ0v) is 14.3. The second-order valence-corrected chi connectivity index (χ2v) is 5.58. The summed E-state index contributed by atoms with van der Waals surface area (Å²) in [6.45, 7) is 2.50. The molecule has 0 fully saturated rings. The van der Waals surface area contributed by atoms with Crippen molar-refractivity contribution in [2.24, 2.45) is 0 Å². The highest BCUT2D eigenvalue weighted by Crippen LogP contribution is 2.30. The molecule has 5 nitrogen and oxygen atoms in total. The number of aromatic hydroxyl groups is 1. The van der Waals surface area contributed by atoms with E-state index in [0.717, 1.165) is 23.1 Å². The second kappa shape index (κ2) is 8.24. The molecular weight excluding hydrogens is 306 g/mol. The molecule has 1 amide bonds. The predicted octanol–water partition coefficient (Wildman–Crippen LogP) is 2.62. The fourth-order valence-corrected chi connectivity index (χ4v) is 2.46. The molecule has 5 heteroatoms. The van der Waals surface area contributed by atoms with Crippen LogP contribution < -0.4 is 14.8 Å². The van der Waals surface area contributed by atoms with Gasteiger partial charge in [0.2, 0.25) is 5.91 Å². The zero-order chi connectivity index (χ0) is 17.5. The molecule has 0 saturated carbocycles. The van der Waals surface area contributed by atoms with Crippen LogP contribution in [0.5, 0.6) is 17.2 Å². The van der Waals surface area contributed by atoms with Crippen LogP contribution in [0.4, 0.5) is 0 Å². The Bertz CT molecular complexity index is 695. The van der Waals surface area contributed by atoms with Crippen molar-refractivity contribution in [3.05, 3.63) is 53.1 Å². The predicted molar refractivity (Wildman–Crippen MR) is 92.8 cm³/mol. The summed E-state index contributed by atoms with van der Waals surface area (Å²) in [5, 5.41) is 12.2. The van der Waals surface area contributed by atoms with E-state index in [1.165, 1.54) is 0 Å². The summed E-state index contributed by atoms with van der Waals surface area (Å²) >= 11 is 0. The molecule has 24 heavy (non-hydrogen) atoms. The number of phenols is 1. The lowest BCUT2D eigenvalue weighted by Gasteiger charge is -2.13. The van der Waals surface area contributed by atoms with Crippen molar-refractivity contribution in [3.63, 3.8) is 0 Å². The number of carbonyl (C=O) groups excluding carboxylic acids is 1. The van der Waals surface area contributed by atoms with Crippen molar-refractivity contribution in [3.8, 4) is 17.2 Å². The number of nitrogens with one attached hydrogen (secondary N) is 1. The van der Waals surface area contributed by atoms with Crippen molar-refractivity contribution >= 4 is 5.91 Å². The number of hydrogen-bond acceptors (Lipinski definition) is 4. The Balaban J connectivity index is 1.91. The molecule has 0 aromatic heterocycles. The number of hydrogen-bond donors (Lipinski definition) is 2. The Hall–Kier alpha value is -2.69. The van der Waals surface area contributed by atoms with E-state index >= 15 is 0 Å². The fraction of sp³-hybridized carbons (Fsp3) is 0.316. The van der Waals surface area contributed by atoms with Gasteiger partial charge in [-0.2, -0.15) is 0 Å². The van der Waals surface area contributed by atoms with Gasteiger partial charge in [0.25, 0.3) is 0 Å². The van der Waals surface area contributed by atoms with Gasteiger partial charge in [0.05, 0.1) is 20.6 Å². The average molecular weight is 329 g/mol. The van der Waals surface area contributed by atoms with Crippen LogP contribution in [0.3, 0.4) is 0 Å². The zero-order valence-electron chi connectivity index (χ0n) is 14.3. The molecule has 0 bridgehead atoms. The van der Waals surface area contributed by atoms with Gasteiger partial charge in [0.15, 0.2) is 11.5 Å². The Kier molecular flexibility index (Phi) is 6.07.